The van der Waals surface area contributed by atoms with Gasteiger partial charge in [0.2, 0.25) is 5.91 Å². The number of rotatable bonds is 2. The molecule has 1 aromatic carbocycles. The Kier molecular flexibility index (Phi) is 4.80. The molecule has 3 fully saturated rings. The Morgan fingerprint density at radius 3 is 2.43 bits per heavy atom. The highest BCUT2D eigenvalue weighted by atomic mass is 16.4. The van der Waals surface area contributed by atoms with Crippen molar-refractivity contribution in [1.29, 1.82) is 0 Å². The number of para-hydroxylation sites is 1. The fourth-order valence-corrected chi connectivity index (χ4v) is 7.13. The molecular weight excluding hydrogens is 378 g/mol. The number of hydrogen-bond acceptors (Lipinski definition) is 3. The van der Waals surface area contributed by atoms with Crippen LogP contribution in [0.15, 0.2) is 24.3 Å². The molecule has 1 aromatic rings. The first-order valence-electron chi connectivity index (χ1n) is 11.6. The molecule has 2 saturated heterocycles. The molecule has 0 radical (unpaired) electrons. The number of carbonyl (C=O) groups is 2. The summed E-state index contributed by atoms with van der Waals surface area (Å²) in [6, 6.07) is 8.90. The number of nitrogens with one attached hydrogen (secondary N) is 1. The van der Waals surface area contributed by atoms with Crippen molar-refractivity contribution >= 4 is 17.7 Å². The summed E-state index contributed by atoms with van der Waals surface area (Å²) < 4.78 is 0. The zero-order valence-electron chi connectivity index (χ0n) is 17.9. The van der Waals surface area contributed by atoms with E-state index in [1.165, 1.54) is 5.56 Å². The van der Waals surface area contributed by atoms with Crippen LogP contribution in [0.1, 0.15) is 63.9 Å². The van der Waals surface area contributed by atoms with Crippen molar-refractivity contribution in [2.24, 2.45) is 5.41 Å². The maximum atomic E-state index is 12.8. The van der Waals surface area contributed by atoms with Gasteiger partial charge < -0.3 is 20.2 Å². The largest absolute Gasteiger partial charge is 0.465 e. The molecule has 4 aliphatic rings. The molecule has 3 heterocycles. The molecule has 1 saturated carbocycles. The minimum absolute atomic E-state index is 0.170. The molecule has 0 aromatic heterocycles. The number of fused-ring (bicyclic) bond motifs is 2. The topological polar surface area (TPSA) is 72.9 Å². The van der Waals surface area contributed by atoms with E-state index in [1.807, 2.05) is 18.2 Å². The number of amides is 2. The first-order valence-corrected chi connectivity index (χ1v) is 11.6. The van der Waals surface area contributed by atoms with Crippen LogP contribution in [0, 0.1) is 5.41 Å². The van der Waals surface area contributed by atoms with Gasteiger partial charge in [0.15, 0.2) is 0 Å². The summed E-state index contributed by atoms with van der Waals surface area (Å²) in [5.74, 6) is 0.185. The van der Waals surface area contributed by atoms with Crippen LogP contribution in [-0.2, 0) is 10.2 Å². The van der Waals surface area contributed by atoms with Crippen molar-refractivity contribution in [3.8, 4) is 0 Å². The molecule has 0 bridgehead atoms. The van der Waals surface area contributed by atoms with Crippen molar-refractivity contribution in [2.75, 3.05) is 25.0 Å². The zero-order valence-corrected chi connectivity index (χ0v) is 17.9. The quantitative estimate of drug-likeness (QED) is 0.770. The summed E-state index contributed by atoms with van der Waals surface area (Å²) in [6.07, 6.45) is 7.33. The normalized spacial score (nSPS) is 33.1. The molecule has 3 aliphatic heterocycles. The van der Waals surface area contributed by atoms with Gasteiger partial charge in [0, 0.05) is 24.3 Å². The van der Waals surface area contributed by atoms with E-state index in [-0.39, 0.29) is 22.8 Å². The van der Waals surface area contributed by atoms with Gasteiger partial charge in [-0.2, -0.15) is 0 Å². The number of likely N-dealkylation sites (tertiary alicyclic amines) is 2. The third kappa shape index (κ3) is 2.87. The lowest BCUT2D eigenvalue weighted by atomic mass is 9.67. The number of benzene rings is 1. The lowest BCUT2D eigenvalue weighted by Crippen LogP contribution is -2.52. The SMILES string of the molecule is CCC1N(C(=O)O)CCC12CCN(C1CCC3(CC1)C(=O)Nc1ccccc13)CC2. The number of carboxylic acid groups (broad SMARTS) is 1. The van der Waals surface area contributed by atoms with E-state index in [0.717, 1.165) is 70.1 Å². The molecule has 162 valence electrons. The molecule has 6 heteroatoms. The Morgan fingerprint density at radius 1 is 1.10 bits per heavy atom. The van der Waals surface area contributed by atoms with E-state index >= 15 is 0 Å². The van der Waals surface area contributed by atoms with Crippen molar-refractivity contribution in [3.05, 3.63) is 29.8 Å². The Morgan fingerprint density at radius 2 is 1.77 bits per heavy atom. The van der Waals surface area contributed by atoms with Crippen molar-refractivity contribution in [3.63, 3.8) is 0 Å². The van der Waals surface area contributed by atoms with Crippen molar-refractivity contribution in [1.82, 2.24) is 9.80 Å². The minimum Gasteiger partial charge on any atom is -0.465 e. The second kappa shape index (κ2) is 7.26. The predicted molar refractivity (Wildman–Crippen MR) is 116 cm³/mol. The van der Waals surface area contributed by atoms with Crippen molar-refractivity contribution < 1.29 is 14.7 Å². The van der Waals surface area contributed by atoms with Gasteiger partial charge in [-0.05, 0) is 81.5 Å². The van der Waals surface area contributed by atoms with Crippen LogP contribution in [-0.4, -0.2) is 58.6 Å². The second-order valence-corrected chi connectivity index (χ2v) is 9.86. The Hall–Kier alpha value is -2.08. The molecule has 1 atom stereocenters. The van der Waals surface area contributed by atoms with Gasteiger partial charge in [-0.3, -0.25) is 4.79 Å². The first kappa shape index (κ1) is 19.9. The molecule has 1 unspecified atom stereocenters. The summed E-state index contributed by atoms with van der Waals surface area (Å²) in [5, 5.41) is 12.7. The predicted octanol–water partition coefficient (Wildman–Crippen LogP) is 4.06. The summed E-state index contributed by atoms with van der Waals surface area (Å²) in [5.41, 5.74) is 2.03. The average Bonchev–Trinajstić information content (AvgIpc) is 3.25. The number of piperidine rings is 1. The average molecular weight is 412 g/mol. The van der Waals surface area contributed by atoms with Crippen LogP contribution in [0.5, 0.6) is 0 Å². The highest BCUT2D eigenvalue weighted by molar-refractivity contribution is 6.06. The van der Waals surface area contributed by atoms with Crippen LogP contribution in [0.2, 0.25) is 0 Å². The molecule has 6 nitrogen and oxygen atoms in total. The van der Waals surface area contributed by atoms with E-state index in [4.69, 9.17) is 0 Å². The Labute approximate surface area is 178 Å². The summed E-state index contributed by atoms with van der Waals surface area (Å²) >= 11 is 0. The van der Waals surface area contributed by atoms with Gasteiger partial charge >= 0.3 is 6.09 Å². The molecule has 2 amide bonds. The highest BCUT2D eigenvalue weighted by Gasteiger charge is 2.52. The molecule has 30 heavy (non-hydrogen) atoms. The van der Waals surface area contributed by atoms with Gasteiger partial charge in [0.05, 0.1) is 5.41 Å². The maximum absolute atomic E-state index is 12.8. The van der Waals surface area contributed by atoms with Gasteiger partial charge in [0.1, 0.15) is 0 Å². The first-order chi connectivity index (χ1) is 14.5. The fourth-order valence-electron chi connectivity index (χ4n) is 7.13. The van der Waals surface area contributed by atoms with E-state index in [2.05, 4.69) is 23.2 Å². The third-order valence-corrected chi connectivity index (χ3v) is 8.81. The summed E-state index contributed by atoms with van der Waals surface area (Å²) in [4.78, 5) is 28.8. The molecule has 1 aliphatic carbocycles. The standard InChI is InChI=1S/C24H33N3O3/c1-2-20-23(13-16-27(20)22(29)30)11-14-26(15-12-23)17-7-9-24(10-8-17)18-5-3-4-6-19(18)25-21(24)28/h3-6,17,20H,2,7-16H2,1H3,(H,25,28)(H,29,30). The van der Waals surface area contributed by atoms with Gasteiger partial charge in [-0.15, -0.1) is 0 Å². The number of anilines is 1. The molecule has 5 rings (SSSR count). The minimum atomic E-state index is -0.756. The molecular formula is C24H33N3O3. The second-order valence-electron chi connectivity index (χ2n) is 9.86. The van der Waals surface area contributed by atoms with Crippen LogP contribution in [0.4, 0.5) is 10.5 Å². The van der Waals surface area contributed by atoms with Crippen molar-refractivity contribution in [2.45, 2.75) is 75.8 Å². The number of carbonyl (C=O) groups excluding carboxylic acids is 1. The van der Waals surface area contributed by atoms with E-state index < -0.39 is 6.09 Å². The number of nitrogens with zero attached hydrogens (tertiary/aromatic N) is 2. The maximum Gasteiger partial charge on any atom is 0.407 e. The zero-order chi connectivity index (χ0) is 20.9. The molecule has 2 N–H and O–H groups in total. The summed E-state index contributed by atoms with van der Waals surface area (Å²) in [7, 11) is 0. The number of hydrogen-bond donors (Lipinski definition) is 2. The summed E-state index contributed by atoms with van der Waals surface area (Å²) in [6.45, 7) is 4.94. The molecule has 2 spiro atoms. The monoisotopic (exact) mass is 411 g/mol. The fraction of sp³-hybridized carbons (Fsp3) is 0.667. The Bertz CT molecular complexity index is 838. The van der Waals surface area contributed by atoms with Crippen LogP contribution in [0.25, 0.3) is 0 Å². The lowest BCUT2D eigenvalue weighted by Gasteiger charge is -2.48. The van der Waals surface area contributed by atoms with Crippen LogP contribution in [0.3, 0.4) is 0 Å². The lowest BCUT2D eigenvalue weighted by molar-refractivity contribution is -0.122. The smallest absolute Gasteiger partial charge is 0.407 e. The highest BCUT2D eigenvalue weighted by Crippen LogP contribution is 2.50. The van der Waals surface area contributed by atoms with E-state index in [1.54, 1.807) is 4.90 Å². The van der Waals surface area contributed by atoms with Gasteiger partial charge in [0.25, 0.3) is 0 Å². The van der Waals surface area contributed by atoms with E-state index in [9.17, 15) is 14.7 Å². The third-order valence-electron chi connectivity index (χ3n) is 8.81. The van der Waals surface area contributed by atoms with Gasteiger partial charge in [-0.25, -0.2) is 4.79 Å². The van der Waals surface area contributed by atoms with E-state index in [0.29, 0.717) is 12.6 Å². The van der Waals surface area contributed by atoms with Crippen LogP contribution >= 0.6 is 0 Å². The van der Waals surface area contributed by atoms with Gasteiger partial charge in [-0.1, -0.05) is 25.1 Å². The van der Waals surface area contributed by atoms with Crippen LogP contribution < -0.4 is 5.32 Å². The Balaban J connectivity index is 1.23.